The first-order valence-electron chi connectivity index (χ1n) is 6.17. The molecule has 0 saturated carbocycles. The van der Waals surface area contributed by atoms with Crippen LogP contribution in [-0.2, 0) is 14.3 Å². The molecule has 0 aliphatic heterocycles. The third-order valence-corrected chi connectivity index (χ3v) is 2.67. The summed E-state index contributed by atoms with van der Waals surface area (Å²) in [6.45, 7) is 12.0. The van der Waals surface area contributed by atoms with Crippen molar-refractivity contribution in [2.75, 3.05) is 13.7 Å². The normalized spacial score (nSPS) is 15.8. The van der Waals surface area contributed by atoms with E-state index in [0.717, 1.165) is 0 Å². The van der Waals surface area contributed by atoms with E-state index < -0.39 is 5.54 Å². The number of esters is 1. The van der Waals surface area contributed by atoms with Gasteiger partial charge >= 0.3 is 5.97 Å². The molecule has 4 nitrogen and oxygen atoms in total. The van der Waals surface area contributed by atoms with Crippen LogP contribution in [-0.4, -0.2) is 36.9 Å². The minimum absolute atomic E-state index is 0.206. The molecule has 0 saturated heterocycles. The van der Waals surface area contributed by atoms with Gasteiger partial charge in [0.25, 0.3) is 0 Å². The molecule has 0 aliphatic carbocycles. The molecule has 1 unspecified atom stereocenters. The van der Waals surface area contributed by atoms with Gasteiger partial charge in [-0.15, -0.1) is 0 Å². The molecular weight excluding hydrogens is 218 g/mol. The van der Waals surface area contributed by atoms with Crippen LogP contribution in [0.2, 0.25) is 0 Å². The minimum atomic E-state index is -0.719. The van der Waals surface area contributed by atoms with E-state index in [1.807, 2.05) is 41.5 Å². The van der Waals surface area contributed by atoms with Gasteiger partial charge in [-0.25, -0.2) is 0 Å². The van der Waals surface area contributed by atoms with E-state index in [-0.39, 0.29) is 17.6 Å². The predicted octanol–water partition coefficient (Wildman–Crippen LogP) is 2.12. The molecule has 1 atom stereocenters. The molecule has 0 heterocycles. The molecule has 102 valence electrons. The highest BCUT2D eigenvalue weighted by molar-refractivity contribution is 5.80. The zero-order chi connectivity index (χ0) is 13.7. The monoisotopic (exact) mass is 245 g/mol. The lowest BCUT2D eigenvalue weighted by molar-refractivity contribution is -0.154. The zero-order valence-corrected chi connectivity index (χ0v) is 12.2. The fourth-order valence-electron chi connectivity index (χ4n) is 2.03. The quantitative estimate of drug-likeness (QED) is 0.698. The van der Waals surface area contributed by atoms with Gasteiger partial charge in [-0.1, -0.05) is 0 Å². The van der Waals surface area contributed by atoms with Crippen LogP contribution in [0.15, 0.2) is 0 Å². The molecule has 1 N–H and O–H groups in total. The summed E-state index contributed by atoms with van der Waals surface area (Å²) in [5.41, 5.74) is -1.09. The van der Waals surface area contributed by atoms with Crippen molar-refractivity contribution in [1.82, 2.24) is 5.32 Å². The van der Waals surface area contributed by atoms with Crippen molar-refractivity contribution in [3.63, 3.8) is 0 Å². The molecule has 0 aromatic carbocycles. The first kappa shape index (κ1) is 16.4. The van der Waals surface area contributed by atoms with Crippen LogP contribution < -0.4 is 5.32 Å². The molecule has 0 aromatic heterocycles. The van der Waals surface area contributed by atoms with Crippen LogP contribution in [0.25, 0.3) is 0 Å². The molecule has 0 amide bonds. The Morgan fingerprint density at radius 2 is 1.82 bits per heavy atom. The van der Waals surface area contributed by atoms with Gasteiger partial charge in [0.15, 0.2) is 0 Å². The number of hydrogen-bond donors (Lipinski definition) is 1. The Balaban J connectivity index is 4.90. The predicted molar refractivity (Wildman–Crippen MR) is 69.0 cm³/mol. The van der Waals surface area contributed by atoms with E-state index in [1.165, 1.54) is 0 Å². The van der Waals surface area contributed by atoms with Gasteiger partial charge in [0.2, 0.25) is 0 Å². The summed E-state index contributed by atoms with van der Waals surface area (Å²) in [4.78, 5) is 12.1. The summed E-state index contributed by atoms with van der Waals surface area (Å²) in [5, 5.41) is 3.28. The van der Waals surface area contributed by atoms with Gasteiger partial charge in [-0.3, -0.25) is 10.1 Å². The summed E-state index contributed by atoms with van der Waals surface area (Å²) in [6, 6.07) is 0.206. The lowest BCUT2D eigenvalue weighted by atomic mass is 9.87. The first-order valence-corrected chi connectivity index (χ1v) is 6.17. The molecular formula is C13H27NO3. The number of rotatable bonds is 7. The second kappa shape index (κ2) is 6.36. The maximum atomic E-state index is 12.1. The number of carbonyl (C=O) groups excluding carboxylic acids is 1. The third-order valence-electron chi connectivity index (χ3n) is 2.67. The van der Waals surface area contributed by atoms with E-state index in [1.54, 1.807) is 7.11 Å². The average Bonchev–Trinajstić information content (AvgIpc) is 2.16. The fourth-order valence-corrected chi connectivity index (χ4v) is 2.03. The number of carbonyl (C=O) groups is 1. The molecule has 0 spiro atoms. The van der Waals surface area contributed by atoms with E-state index in [9.17, 15) is 4.79 Å². The number of methoxy groups -OCH3 is 1. The largest absolute Gasteiger partial charge is 0.465 e. The van der Waals surface area contributed by atoms with Gasteiger partial charge < -0.3 is 9.47 Å². The van der Waals surface area contributed by atoms with Crippen LogP contribution >= 0.6 is 0 Å². The molecule has 0 aromatic rings. The Labute approximate surface area is 105 Å². The lowest BCUT2D eigenvalue weighted by Crippen LogP contribution is -2.56. The molecule has 0 aliphatic rings. The van der Waals surface area contributed by atoms with E-state index in [4.69, 9.17) is 9.47 Å². The second-order valence-electron chi connectivity index (χ2n) is 5.49. The van der Waals surface area contributed by atoms with Gasteiger partial charge in [-0.2, -0.15) is 0 Å². The highest BCUT2D eigenvalue weighted by atomic mass is 16.5. The van der Waals surface area contributed by atoms with Crippen molar-refractivity contribution in [1.29, 1.82) is 0 Å². The van der Waals surface area contributed by atoms with Gasteiger partial charge in [0, 0.05) is 19.6 Å². The Hall–Kier alpha value is -0.610. The van der Waals surface area contributed by atoms with E-state index in [2.05, 4.69) is 5.32 Å². The van der Waals surface area contributed by atoms with Gasteiger partial charge in [0.1, 0.15) is 5.54 Å². The third kappa shape index (κ3) is 5.50. The molecule has 0 fully saturated rings. The molecule has 0 radical (unpaired) electrons. The summed E-state index contributed by atoms with van der Waals surface area (Å²) in [5.74, 6) is -0.223. The Kier molecular flexibility index (Phi) is 6.13. The summed E-state index contributed by atoms with van der Waals surface area (Å²) in [7, 11) is 1.65. The van der Waals surface area contributed by atoms with Crippen molar-refractivity contribution in [3.05, 3.63) is 0 Å². The molecule has 17 heavy (non-hydrogen) atoms. The standard InChI is InChI=1S/C13H27NO3/c1-8-17-11(15)13(6,14-10(2)3)9-12(4,5)16-7/h10,14H,8-9H2,1-7H3. The van der Waals surface area contributed by atoms with Crippen molar-refractivity contribution in [2.24, 2.45) is 0 Å². The second-order valence-corrected chi connectivity index (χ2v) is 5.49. The Morgan fingerprint density at radius 3 is 2.18 bits per heavy atom. The number of hydrogen-bond acceptors (Lipinski definition) is 4. The van der Waals surface area contributed by atoms with Crippen LogP contribution in [0.5, 0.6) is 0 Å². The summed E-state index contributed by atoms with van der Waals surface area (Å²) >= 11 is 0. The maximum Gasteiger partial charge on any atom is 0.326 e. The lowest BCUT2D eigenvalue weighted by Gasteiger charge is -2.36. The smallest absolute Gasteiger partial charge is 0.326 e. The highest BCUT2D eigenvalue weighted by Crippen LogP contribution is 2.25. The van der Waals surface area contributed by atoms with E-state index in [0.29, 0.717) is 13.0 Å². The topological polar surface area (TPSA) is 47.6 Å². The van der Waals surface area contributed by atoms with Crippen molar-refractivity contribution in [2.45, 2.75) is 65.1 Å². The molecule has 0 rings (SSSR count). The number of ether oxygens (including phenoxy) is 2. The highest BCUT2D eigenvalue weighted by Gasteiger charge is 2.40. The minimum Gasteiger partial charge on any atom is -0.465 e. The summed E-state index contributed by atoms with van der Waals surface area (Å²) < 4.78 is 10.5. The van der Waals surface area contributed by atoms with Crippen LogP contribution in [0.3, 0.4) is 0 Å². The maximum absolute atomic E-state index is 12.1. The van der Waals surface area contributed by atoms with E-state index >= 15 is 0 Å². The summed E-state index contributed by atoms with van der Waals surface area (Å²) in [6.07, 6.45) is 0.563. The Bertz CT molecular complexity index is 251. The van der Waals surface area contributed by atoms with Gasteiger partial charge in [-0.05, 0) is 41.5 Å². The first-order chi connectivity index (χ1) is 7.67. The molecule has 0 bridgehead atoms. The average molecular weight is 245 g/mol. The van der Waals surface area contributed by atoms with Crippen LogP contribution in [0.1, 0.15) is 48.0 Å². The van der Waals surface area contributed by atoms with Crippen LogP contribution in [0, 0.1) is 0 Å². The number of nitrogens with one attached hydrogen (secondary N) is 1. The SMILES string of the molecule is CCOC(=O)C(C)(CC(C)(C)OC)NC(C)C. The van der Waals surface area contributed by atoms with Crippen LogP contribution in [0.4, 0.5) is 0 Å². The van der Waals surface area contributed by atoms with Gasteiger partial charge in [0.05, 0.1) is 12.2 Å². The fraction of sp³-hybridized carbons (Fsp3) is 0.923. The molecule has 4 heteroatoms. The Morgan fingerprint density at radius 1 is 1.29 bits per heavy atom. The van der Waals surface area contributed by atoms with Crippen molar-refractivity contribution >= 4 is 5.97 Å². The van der Waals surface area contributed by atoms with Crippen molar-refractivity contribution < 1.29 is 14.3 Å². The zero-order valence-electron chi connectivity index (χ0n) is 12.2. The van der Waals surface area contributed by atoms with Crippen molar-refractivity contribution in [3.8, 4) is 0 Å².